The summed E-state index contributed by atoms with van der Waals surface area (Å²) in [7, 11) is 0. The summed E-state index contributed by atoms with van der Waals surface area (Å²) in [4.78, 5) is 65.0. The monoisotopic (exact) mass is 483 g/mol. The number of nitrogens with two attached hydrogens (primary N) is 1. The number of aliphatic hydroxyl groups is 1. The summed E-state index contributed by atoms with van der Waals surface area (Å²) >= 11 is 0. The molecule has 4 atom stereocenters. The number of hydrogen-bond acceptors (Lipinski definition) is 8. The lowest BCUT2D eigenvalue weighted by molar-refractivity contribution is -0.143. The fraction of sp³-hybridized carbons (Fsp3) is 0.682. The first-order valence-corrected chi connectivity index (χ1v) is 11.4. The van der Waals surface area contributed by atoms with Gasteiger partial charge in [0, 0.05) is 6.54 Å². The minimum Gasteiger partial charge on any atom is -0.465 e. The molecule has 1 aliphatic heterocycles. The van der Waals surface area contributed by atoms with E-state index in [2.05, 4.69) is 17.2 Å². The Morgan fingerprint density at radius 2 is 1.94 bits per heavy atom. The van der Waals surface area contributed by atoms with Crippen LogP contribution in [0, 0.1) is 5.92 Å². The Bertz CT molecular complexity index is 773. The van der Waals surface area contributed by atoms with Gasteiger partial charge in [-0.25, -0.2) is 9.69 Å². The predicted octanol–water partition coefficient (Wildman–Crippen LogP) is -0.886. The number of hydrogen-bond donors (Lipinski definition) is 4. The van der Waals surface area contributed by atoms with Gasteiger partial charge in [-0.05, 0) is 19.3 Å². The number of nitrogens with zero attached hydrogens (tertiary/aromatic N) is 2. The van der Waals surface area contributed by atoms with Gasteiger partial charge in [-0.1, -0.05) is 33.3 Å². The molecule has 0 aromatic heterocycles. The number of imide groups is 1. The van der Waals surface area contributed by atoms with Crippen molar-refractivity contribution in [3.05, 3.63) is 12.7 Å². The molecule has 12 heteroatoms. The van der Waals surface area contributed by atoms with E-state index >= 15 is 0 Å². The lowest BCUT2D eigenvalue weighted by Crippen LogP contribution is -2.58. The number of carbonyl (C=O) groups is 5. The third kappa shape index (κ3) is 7.52. The van der Waals surface area contributed by atoms with Crippen molar-refractivity contribution >= 4 is 29.7 Å². The maximum atomic E-state index is 13.2. The summed E-state index contributed by atoms with van der Waals surface area (Å²) in [5.41, 5.74) is 5.96. The molecular weight excluding hydrogens is 446 g/mol. The topological polar surface area (TPSA) is 171 Å². The average molecular weight is 484 g/mol. The molecule has 0 bridgehead atoms. The van der Waals surface area contributed by atoms with E-state index in [0.29, 0.717) is 6.42 Å². The van der Waals surface area contributed by atoms with Gasteiger partial charge in [0.2, 0.25) is 11.8 Å². The number of esters is 1. The summed E-state index contributed by atoms with van der Waals surface area (Å²) in [6, 6.07) is -4.16. The van der Waals surface area contributed by atoms with Crippen LogP contribution in [0.25, 0.3) is 0 Å². The number of aliphatic hydroxyl groups excluding tert-OH is 1. The summed E-state index contributed by atoms with van der Waals surface area (Å²) < 4.78 is 4.87. The Labute approximate surface area is 199 Å². The van der Waals surface area contributed by atoms with Crippen LogP contribution in [0.4, 0.5) is 4.79 Å². The van der Waals surface area contributed by atoms with Crippen molar-refractivity contribution in [1.82, 2.24) is 20.4 Å². The molecular formula is C22H37N5O7. The largest absolute Gasteiger partial charge is 0.465 e. The van der Waals surface area contributed by atoms with Gasteiger partial charge in [0.05, 0.1) is 25.2 Å². The maximum Gasteiger partial charge on any atom is 0.328 e. The first kappa shape index (κ1) is 29.0. The van der Waals surface area contributed by atoms with Crippen LogP contribution < -0.4 is 16.4 Å². The zero-order valence-electron chi connectivity index (χ0n) is 20.3. The molecule has 34 heavy (non-hydrogen) atoms. The number of nitrogens with one attached hydrogen (secondary N) is 2. The quantitative estimate of drug-likeness (QED) is 0.193. The molecule has 12 nitrogen and oxygen atoms in total. The average Bonchev–Trinajstić information content (AvgIpc) is 3.11. The lowest BCUT2D eigenvalue weighted by Gasteiger charge is -2.28. The van der Waals surface area contributed by atoms with Crippen LogP contribution in [0.15, 0.2) is 12.7 Å². The van der Waals surface area contributed by atoms with E-state index in [1.54, 1.807) is 20.8 Å². The predicted molar refractivity (Wildman–Crippen MR) is 123 cm³/mol. The third-order valence-electron chi connectivity index (χ3n) is 5.35. The van der Waals surface area contributed by atoms with Crippen LogP contribution >= 0.6 is 0 Å². The van der Waals surface area contributed by atoms with Gasteiger partial charge < -0.3 is 31.1 Å². The Hall–Kier alpha value is -2.99. The minimum atomic E-state index is -1.56. The van der Waals surface area contributed by atoms with E-state index < -0.39 is 60.5 Å². The first-order chi connectivity index (χ1) is 16.0. The van der Waals surface area contributed by atoms with Crippen molar-refractivity contribution in [2.75, 3.05) is 26.2 Å². The van der Waals surface area contributed by atoms with Crippen LogP contribution in [0.1, 0.15) is 40.5 Å². The molecule has 1 aliphatic rings. The van der Waals surface area contributed by atoms with E-state index in [1.807, 2.05) is 6.92 Å². The summed E-state index contributed by atoms with van der Waals surface area (Å²) in [5, 5.41) is 15.5. The molecule has 0 aromatic rings. The molecule has 0 spiro atoms. The molecule has 1 rings (SSSR count). The highest BCUT2D eigenvalue weighted by molar-refractivity contribution is 6.04. The lowest BCUT2D eigenvalue weighted by atomic mass is 10.0. The minimum absolute atomic E-state index is 0.107. The smallest absolute Gasteiger partial charge is 0.328 e. The normalized spacial score (nSPS) is 18.3. The molecule has 0 aromatic carbocycles. The molecule has 0 radical (unpaired) electrons. The fourth-order valence-electron chi connectivity index (χ4n) is 3.40. The van der Waals surface area contributed by atoms with Crippen LogP contribution in [0.5, 0.6) is 0 Å². The number of ether oxygens (including phenoxy) is 1. The van der Waals surface area contributed by atoms with Crippen molar-refractivity contribution in [1.29, 1.82) is 0 Å². The van der Waals surface area contributed by atoms with Crippen molar-refractivity contribution in [3.8, 4) is 0 Å². The standard InChI is InChI=1S/C22H37N5O7/c1-6-9-14(18(29)20(31)24-10-7-2)25-19(30)15-11-26(12-16(28)34-8-3)22(33)27(15)21(32)17(23)13(4)5/h7,13-15,17-18,29H,2,6,8-12,23H2,1,3-5H3,(H,24,31)(H,25,30). The van der Waals surface area contributed by atoms with E-state index in [0.717, 1.165) is 9.80 Å². The number of carbonyl (C=O) groups excluding carboxylic acids is 5. The number of amides is 5. The summed E-state index contributed by atoms with van der Waals surface area (Å²) in [6.45, 7) is 9.84. The van der Waals surface area contributed by atoms with Gasteiger partial charge in [-0.15, -0.1) is 6.58 Å². The van der Waals surface area contributed by atoms with Crippen LogP contribution in [-0.2, 0) is 23.9 Å². The van der Waals surface area contributed by atoms with E-state index in [1.165, 1.54) is 6.08 Å². The molecule has 1 heterocycles. The van der Waals surface area contributed by atoms with Crippen LogP contribution in [-0.4, -0.2) is 95.1 Å². The second-order valence-electron chi connectivity index (χ2n) is 8.34. The van der Waals surface area contributed by atoms with E-state index in [-0.39, 0.29) is 32.0 Å². The summed E-state index contributed by atoms with van der Waals surface area (Å²) in [5.74, 6) is -3.21. The zero-order valence-corrected chi connectivity index (χ0v) is 20.3. The third-order valence-corrected chi connectivity index (χ3v) is 5.35. The highest BCUT2D eigenvalue weighted by Crippen LogP contribution is 2.20. The molecule has 5 N–H and O–H groups in total. The first-order valence-electron chi connectivity index (χ1n) is 11.4. The van der Waals surface area contributed by atoms with E-state index in [9.17, 15) is 29.1 Å². The highest BCUT2D eigenvalue weighted by Gasteiger charge is 2.47. The Morgan fingerprint density at radius 3 is 2.47 bits per heavy atom. The Kier molecular flexibility index (Phi) is 11.7. The number of rotatable bonds is 13. The SMILES string of the molecule is C=CCNC(=O)C(O)C(CCC)NC(=O)C1CN(CC(=O)OCC)C(=O)N1C(=O)C(N)C(C)C. The highest BCUT2D eigenvalue weighted by atomic mass is 16.5. The molecule has 0 saturated carbocycles. The molecule has 5 amide bonds. The van der Waals surface area contributed by atoms with Crippen LogP contribution in [0.2, 0.25) is 0 Å². The molecule has 192 valence electrons. The van der Waals surface area contributed by atoms with Crippen molar-refractivity contribution < 1.29 is 33.8 Å². The van der Waals surface area contributed by atoms with Gasteiger partial charge >= 0.3 is 12.0 Å². The number of urea groups is 1. The van der Waals surface area contributed by atoms with Crippen molar-refractivity contribution in [2.24, 2.45) is 11.7 Å². The maximum absolute atomic E-state index is 13.2. The van der Waals surface area contributed by atoms with Crippen LogP contribution in [0.3, 0.4) is 0 Å². The molecule has 1 saturated heterocycles. The Morgan fingerprint density at radius 1 is 1.29 bits per heavy atom. The Balaban J connectivity index is 3.15. The zero-order chi connectivity index (χ0) is 26.0. The second-order valence-corrected chi connectivity index (χ2v) is 8.34. The van der Waals surface area contributed by atoms with Gasteiger partial charge in [-0.2, -0.15) is 0 Å². The molecule has 1 fully saturated rings. The molecule has 0 aliphatic carbocycles. The summed E-state index contributed by atoms with van der Waals surface area (Å²) in [6.07, 6.45) is 0.692. The van der Waals surface area contributed by atoms with Gasteiger partial charge in [0.25, 0.3) is 5.91 Å². The van der Waals surface area contributed by atoms with E-state index in [4.69, 9.17) is 10.5 Å². The van der Waals surface area contributed by atoms with Gasteiger partial charge in [-0.3, -0.25) is 19.2 Å². The fourth-order valence-corrected chi connectivity index (χ4v) is 3.40. The van der Waals surface area contributed by atoms with Gasteiger partial charge in [0.15, 0.2) is 6.10 Å². The van der Waals surface area contributed by atoms with Crippen molar-refractivity contribution in [3.63, 3.8) is 0 Å². The van der Waals surface area contributed by atoms with Crippen molar-refractivity contribution in [2.45, 2.75) is 64.8 Å². The molecule has 4 unspecified atom stereocenters. The van der Waals surface area contributed by atoms with Gasteiger partial charge in [0.1, 0.15) is 12.6 Å². The second kappa shape index (κ2) is 13.7.